The molecule has 30 heavy (non-hydrogen) atoms. The fourth-order valence-electron chi connectivity index (χ4n) is 4.05. The van der Waals surface area contributed by atoms with Gasteiger partial charge in [0.15, 0.2) is 0 Å². The number of methoxy groups -OCH3 is 1. The molecule has 0 saturated carbocycles. The van der Waals surface area contributed by atoms with E-state index in [-0.39, 0.29) is 30.6 Å². The van der Waals surface area contributed by atoms with Gasteiger partial charge in [-0.3, -0.25) is 4.79 Å². The molecular formula is C24H33NO5. The number of carbonyl (C=O) groups is 2. The van der Waals surface area contributed by atoms with Gasteiger partial charge in [0.1, 0.15) is 6.61 Å². The average molecular weight is 416 g/mol. The fraction of sp³-hybridized carbons (Fsp3) is 0.500. The van der Waals surface area contributed by atoms with Gasteiger partial charge in [-0.25, -0.2) is 9.69 Å². The molecule has 1 aromatic carbocycles. The van der Waals surface area contributed by atoms with E-state index in [1.165, 1.54) is 0 Å². The van der Waals surface area contributed by atoms with Gasteiger partial charge in [-0.1, -0.05) is 75.9 Å². The number of ether oxygens (including phenoxy) is 2. The second-order valence-electron chi connectivity index (χ2n) is 7.95. The lowest BCUT2D eigenvalue weighted by Crippen LogP contribution is -2.48. The minimum absolute atomic E-state index is 0.0162. The third-order valence-electron chi connectivity index (χ3n) is 5.81. The minimum atomic E-state index is -0.979. The second kappa shape index (κ2) is 11.1. The fourth-order valence-corrected chi connectivity index (χ4v) is 4.05. The van der Waals surface area contributed by atoms with Gasteiger partial charge in [0.25, 0.3) is 0 Å². The highest BCUT2D eigenvalue weighted by Gasteiger charge is 2.43. The molecule has 2 rings (SSSR count). The molecule has 2 amide bonds. The molecule has 0 spiro atoms. The van der Waals surface area contributed by atoms with E-state index in [4.69, 9.17) is 9.47 Å². The van der Waals surface area contributed by atoms with Gasteiger partial charge < -0.3 is 14.6 Å². The Bertz CT molecular complexity index is 747. The molecule has 1 N–H and O–H groups in total. The van der Waals surface area contributed by atoms with Gasteiger partial charge in [0.2, 0.25) is 5.91 Å². The summed E-state index contributed by atoms with van der Waals surface area (Å²) in [7, 11) is 1.59. The minimum Gasteiger partial charge on any atom is -0.447 e. The van der Waals surface area contributed by atoms with Crippen LogP contribution in [-0.2, 0) is 20.7 Å². The Morgan fingerprint density at radius 3 is 2.60 bits per heavy atom. The summed E-state index contributed by atoms with van der Waals surface area (Å²) in [5, 5.41) is 10.9. The highest BCUT2D eigenvalue weighted by molar-refractivity contribution is 5.95. The third kappa shape index (κ3) is 5.58. The molecule has 0 bridgehead atoms. The first-order chi connectivity index (χ1) is 14.3. The molecule has 0 radical (unpaired) electrons. The lowest BCUT2D eigenvalue weighted by Gasteiger charge is -2.34. The van der Waals surface area contributed by atoms with Crippen LogP contribution in [0.4, 0.5) is 4.79 Å². The SMILES string of the molecule is C=C/C=C\C(C)C(OC)C(C)C(O)C(C)C(=O)N1C(=O)OCC1Cc1ccccc1. The zero-order valence-electron chi connectivity index (χ0n) is 18.2. The number of aliphatic hydroxyl groups is 1. The van der Waals surface area contributed by atoms with E-state index < -0.39 is 24.0 Å². The molecule has 164 valence electrons. The van der Waals surface area contributed by atoms with E-state index in [0.29, 0.717) is 6.42 Å². The monoisotopic (exact) mass is 415 g/mol. The van der Waals surface area contributed by atoms with Crippen molar-refractivity contribution in [1.29, 1.82) is 0 Å². The maximum absolute atomic E-state index is 13.2. The van der Waals surface area contributed by atoms with Crippen molar-refractivity contribution in [2.45, 2.75) is 45.4 Å². The van der Waals surface area contributed by atoms with Crippen molar-refractivity contribution in [3.63, 3.8) is 0 Å². The lowest BCUT2D eigenvalue weighted by molar-refractivity contribution is -0.139. The maximum Gasteiger partial charge on any atom is 0.416 e. The summed E-state index contributed by atoms with van der Waals surface area (Å²) < 4.78 is 10.8. The first-order valence-electron chi connectivity index (χ1n) is 10.4. The van der Waals surface area contributed by atoms with Crippen molar-refractivity contribution in [3.8, 4) is 0 Å². The van der Waals surface area contributed by atoms with E-state index in [9.17, 15) is 14.7 Å². The molecule has 1 saturated heterocycles. The van der Waals surface area contributed by atoms with Crippen LogP contribution in [0.5, 0.6) is 0 Å². The van der Waals surface area contributed by atoms with E-state index in [0.717, 1.165) is 10.5 Å². The van der Waals surface area contributed by atoms with Crippen molar-refractivity contribution >= 4 is 12.0 Å². The number of benzene rings is 1. The van der Waals surface area contributed by atoms with Crippen LogP contribution in [-0.4, -0.2) is 54.0 Å². The predicted octanol–water partition coefficient (Wildman–Crippen LogP) is 3.60. The van der Waals surface area contributed by atoms with Crippen LogP contribution >= 0.6 is 0 Å². The maximum atomic E-state index is 13.2. The van der Waals surface area contributed by atoms with Crippen LogP contribution in [0.1, 0.15) is 26.3 Å². The number of hydrogen-bond donors (Lipinski definition) is 1. The van der Waals surface area contributed by atoms with Crippen LogP contribution in [0.2, 0.25) is 0 Å². The first kappa shape index (κ1) is 23.8. The Morgan fingerprint density at radius 2 is 2.00 bits per heavy atom. The predicted molar refractivity (Wildman–Crippen MR) is 116 cm³/mol. The molecule has 0 aliphatic carbocycles. The Kier molecular flexibility index (Phi) is 8.81. The Morgan fingerprint density at radius 1 is 1.33 bits per heavy atom. The number of amides is 2. The largest absolute Gasteiger partial charge is 0.447 e. The van der Waals surface area contributed by atoms with Crippen LogP contribution < -0.4 is 0 Å². The van der Waals surface area contributed by atoms with E-state index >= 15 is 0 Å². The van der Waals surface area contributed by atoms with Crippen LogP contribution in [0.3, 0.4) is 0 Å². The highest BCUT2D eigenvalue weighted by atomic mass is 16.6. The van der Waals surface area contributed by atoms with Gasteiger partial charge in [-0.2, -0.15) is 0 Å². The van der Waals surface area contributed by atoms with Gasteiger partial charge in [-0.15, -0.1) is 0 Å². The van der Waals surface area contributed by atoms with Crippen molar-refractivity contribution in [1.82, 2.24) is 4.90 Å². The molecule has 6 atom stereocenters. The van der Waals surface area contributed by atoms with Crippen LogP contribution in [0, 0.1) is 17.8 Å². The van der Waals surface area contributed by atoms with E-state index in [1.807, 2.05) is 56.3 Å². The van der Waals surface area contributed by atoms with E-state index in [2.05, 4.69) is 6.58 Å². The summed E-state index contributed by atoms with van der Waals surface area (Å²) in [5.74, 6) is -1.52. The highest BCUT2D eigenvalue weighted by Crippen LogP contribution is 2.27. The van der Waals surface area contributed by atoms with Gasteiger partial charge in [0, 0.05) is 18.9 Å². The first-order valence-corrected chi connectivity index (χ1v) is 10.4. The Labute approximate surface area is 179 Å². The lowest BCUT2D eigenvalue weighted by atomic mass is 9.83. The number of nitrogens with zero attached hydrogens (tertiary/aromatic N) is 1. The molecule has 1 aromatic rings. The molecular weight excluding hydrogens is 382 g/mol. The van der Waals surface area contributed by atoms with E-state index in [1.54, 1.807) is 20.1 Å². The van der Waals surface area contributed by atoms with Crippen molar-refractivity contribution in [2.24, 2.45) is 17.8 Å². The molecule has 6 nitrogen and oxygen atoms in total. The van der Waals surface area contributed by atoms with Gasteiger partial charge in [-0.05, 0) is 12.0 Å². The summed E-state index contributed by atoms with van der Waals surface area (Å²) in [4.78, 5) is 26.6. The summed E-state index contributed by atoms with van der Waals surface area (Å²) >= 11 is 0. The van der Waals surface area contributed by atoms with Crippen molar-refractivity contribution < 1.29 is 24.2 Å². The molecule has 6 unspecified atom stereocenters. The summed E-state index contributed by atoms with van der Waals surface area (Å²) in [6.45, 7) is 9.30. The zero-order chi connectivity index (χ0) is 22.3. The zero-order valence-corrected chi connectivity index (χ0v) is 18.2. The molecule has 0 aromatic heterocycles. The molecule has 1 aliphatic heterocycles. The van der Waals surface area contributed by atoms with Crippen molar-refractivity contribution in [2.75, 3.05) is 13.7 Å². The Balaban J connectivity index is 2.12. The third-order valence-corrected chi connectivity index (χ3v) is 5.81. The molecule has 1 heterocycles. The standard InChI is InChI=1S/C24H33NO5/c1-6-7-11-16(2)22(29-5)17(3)21(26)18(4)23(27)25-20(15-30-24(25)28)14-19-12-9-8-10-13-19/h6-13,16-18,20-22,26H,1,14-15H2,2-5H3/b11-7-. The second-order valence-corrected chi connectivity index (χ2v) is 7.95. The number of allylic oxidation sites excluding steroid dienone is 2. The average Bonchev–Trinajstić information content (AvgIpc) is 3.11. The van der Waals surface area contributed by atoms with Crippen LogP contribution in [0.25, 0.3) is 0 Å². The summed E-state index contributed by atoms with van der Waals surface area (Å²) in [5.41, 5.74) is 1.02. The number of cyclic esters (lactones) is 1. The molecule has 6 heteroatoms. The number of hydrogen-bond acceptors (Lipinski definition) is 5. The van der Waals surface area contributed by atoms with Gasteiger partial charge in [0.05, 0.1) is 24.2 Å². The smallest absolute Gasteiger partial charge is 0.416 e. The number of aliphatic hydroxyl groups excluding tert-OH is 1. The summed E-state index contributed by atoms with van der Waals surface area (Å²) in [6, 6.07) is 9.27. The number of carbonyl (C=O) groups excluding carboxylic acids is 2. The van der Waals surface area contributed by atoms with Gasteiger partial charge >= 0.3 is 6.09 Å². The summed E-state index contributed by atoms with van der Waals surface area (Å²) in [6.07, 6.45) is 4.05. The van der Waals surface area contributed by atoms with Crippen molar-refractivity contribution in [3.05, 3.63) is 60.7 Å². The number of imide groups is 1. The Hall–Kier alpha value is -2.44. The molecule has 1 fully saturated rings. The van der Waals surface area contributed by atoms with Crippen LogP contribution in [0.15, 0.2) is 55.1 Å². The quantitative estimate of drug-likeness (QED) is 0.591. The topological polar surface area (TPSA) is 76.1 Å². The normalized spacial score (nSPS) is 21.7. The molecule has 1 aliphatic rings. The number of rotatable bonds is 10.